The molecule has 0 radical (unpaired) electrons. The van der Waals surface area contributed by atoms with Gasteiger partial charge in [0.2, 0.25) is 0 Å². The highest BCUT2D eigenvalue weighted by Crippen LogP contribution is 2.47. The Morgan fingerprint density at radius 3 is 1.71 bits per heavy atom. The number of benzene rings is 6. The summed E-state index contributed by atoms with van der Waals surface area (Å²) in [5, 5.41) is 16.9. The number of pyridine rings is 2. The van der Waals surface area contributed by atoms with Crippen molar-refractivity contribution in [1.82, 2.24) is 9.97 Å². The fourth-order valence-corrected chi connectivity index (χ4v) is 8.22. The van der Waals surface area contributed by atoms with Crippen LogP contribution in [0.3, 0.4) is 0 Å². The third-order valence-electron chi connectivity index (χ3n) is 9.23. The molecule has 3 aromatic heterocycles. The Morgan fingerprint density at radius 1 is 0.458 bits per heavy atom. The van der Waals surface area contributed by atoms with Crippen LogP contribution in [0.5, 0.6) is 0 Å². The van der Waals surface area contributed by atoms with Crippen molar-refractivity contribution < 1.29 is 0 Å². The summed E-state index contributed by atoms with van der Waals surface area (Å²) in [6, 6.07) is 46.2. The molecule has 224 valence electrons. The van der Waals surface area contributed by atoms with Crippen LogP contribution in [-0.2, 0) is 0 Å². The average Bonchev–Trinajstić information content (AvgIpc) is 3.50. The van der Waals surface area contributed by atoms with Gasteiger partial charge in [0.05, 0.1) is 5.56 Å². The molecule has 3 heterocycles. The van der Waals surface area contributed by atoms with Crippen molar-refractivity contribution in [2.75, 3.05) is 0 Å². The van der Waals surface area contributed by atoms with Gasteiger partial charge < -0.3 is 0 Å². The normalized spacial score (nSPS) is 11.4. The van der Waals surface area contributed by atoms with Gasteiger partial charge in [0, 0.05) is 56.1 Å². The molecule has 0 aliphatic carbocycles. The van der Waals surface area contributed by atoms with Crippen LogP contribution >= 0.6 is 11.3 Å². The van der Waals surface area contributed by atoms with Crippen LogP contribution in [0, 0.1) is 18.3 Å². The standard InChI is InChI=1S/C44H27N3S/c1-27-16-33(25-46-23-27)29-8-6-11-32(18-29)44-37-14-3-2-13-36(37)43(31-10-7-9-30(19-31)34-17-28(22-45)24-47-26-34)39-20-38-35-12-4-5-15-41(35)48-42(38)21-40(39)44/h2-21,23-26H,1H3. The molecule has 0 spiro atoms. The number of nitrogens with zero attached hydrogens (tertiary/aromatic N) is 3. The number of aromatic nitrogens is 2. The van der Waals surface area contributed by atoms with E-state index in [9.17, 15) is 5.26 Å². The van der Waals surface area contributed by atoms with Gasteiger partial charge in [-0.3, -0.25) is 9.97 Å². The lowest BCUT2D eigenvalue weighted by molar-refractivity contribution is 1.27. The molecule has 48 heavy (non-hydrogen) atoms. The summed E-state index contributed by atoms with van der Waals surface area (Å²) in [5.41, 5.74) is 10.6. The Bertz CT molecular complexity index is 2770. The third-order valence-corrected chi connectivity index (χ3v) is 10.4. The second-order valence-corrected chi connectivity index (χ2v) is 13.4. The van der Waals surface area contributed by atoms with Crippen LogP contribution in [-0.4, -0.2) is 9.97 Å². The summed E-state index contributed by atoms with van der Waals surface area (Å²) >= 11 is 1.85. The van der Waals surface area contributed by atoms with Crippen molar-refractivity contribution in [3.8, 4) is 50.6 Å². The molecule has 9 aromatic rings. The number of thiophene rings is 1. The van der Waals surface area contributed by atoms with E-state index in [0.717, 1.165) is 33.4 Å². The van der Waals surface area contributed by atoms with E-state index in [1.54, 1.807) is 6.20 Å². The van der Waals surface area contributed by atoms with Crippen LogP contribution in [0.1, 0.15) is 11.1 Å². The fraction of sp³-hybridized carbons (Fsp3) is 0.0227. The Hall–Kier alpha value is -6.15. The van der Waals surface area contributed by atoms with E-state index in [1.807, 2.05) is 36.0 Å². The van der Waals surface area contributed by atoms with E-state index in [2.05, 4.69) is 138 Å². The molecule has 9 rings (SSSR count). The number of fused-ring (bicyclic) bond motifs is 5. The lowest BCUT2D eigenvalue weighted by Gasteiger charge is -2.19. The van der Waals surface area contributed by atoms with Crippen molar-refractivity contribution in [3.63, 3.8) is 0 Å². The summed E-state index contributed by atoms with van der Waals surface area (Å²) in [6.45, 7) is 2.09. The molecule has 0 aliphatic rings. The van der Waals surface area contributed by atoms with Gasteiger partial charge in [0.1, 0.15) is 6.07 Å². The number of hydrogen-bond donors (Lipinski definition) is 0. The highest BCUT2D eigenvalue weighted by atomic mass is 32.1. The Labute approximate surface area is 282 Å². The molecule has 0 N–H and O–H groups in total. The van der Waals surface area contributed by atoms with E-state index in [0.29, 0.717) is 5.56 Å². The first-order chi connectivity index (χ1) is 23.6. The van der Waals surface area contributed by atoms with E-state index < -0.39 is 0 Å². The van der Waals surface area contributed by atoms with Crippen LogP contribution in [0.4, 0.5) is 0 Å². The van der Waals surface area contributed by atoms with Crippen molar-refractivity contribution in [2.24, 2.45) is 0 Å². The summed E-state index contributed by atoms with van der Waals surface area (Å²) in [7, 11) is 0. The first kappa shape index (κ1) is 28.1. The Kier molecular flexibility index (Phi) is 6.60. The highest BCUT2D eigenvalue weighted by molar-refractivity contribution is 7.25. The van der Waals surface area contributed by atoms with Crippen molar-refractivity contribution in [3.05, 3.63) is 157 Å². The molecule has 4 heteroatoms. The zero-order valence-corrected chi connectivity index (χ0v) is 26.9. The first-order valence-corrected chi connectivity index (χ1v) is 16.7. The summed E-state index contributed by atoms with van der Waals surface area (Å²) in [4.78, 5) is 8.83. The highest BCUT2D eigenvalue weighted by Gasteiger charge is 2.20. The third kappa shape index (κ3) is 4.64. The second-order valence-electron chi connectivity index (χ2n) is 12.3. The minimum absolute atomic E-state index is 0.550. The second kappa shape index (κ2) is 11.3. The van der Waals surface area contributed by atoms with Crippen molar-refractivity contribution >= 4 is 53.1 Å². The zero-order valence-electron chi connectivity index (χ0n) is 26.1. The lowest BCUT2D eigenvalue weighted by atomic mass is 9.84. The first-order valence-electron chi connectivity index (χ1n) is 15.9. The number of rotatable bonds is 4. The fourth-order valence-electron chi connectivity index (χ4n) is 7.10. The summed E-state index contributed by atoms with van der Waals surface area (Å²) < 4.78 is 2.56. The van der Waals surface area contributed by atoms with Gasteiger partial charge in [-0.1, -0.05) is 78.9 Å². The van der Waals surface area contributed by atoms with Gasteiger partial charge in [-0.25, -0.2) is 0 Å². The average molecular weight is 630 g/mol. The quantitative estimate of drug-likeness (QED) is 0.182. The largest absolute Gasteiger partial charge is 0.264 e. The monoisotopic (exact) mass is 629 g/mol. The Morgan fingerprint density at radius 2 is 1.04 bits per heavy atom. The van der Waals surface area contributed by atoms with Crippen LogP contribution in [0.25, 0.3) is 86.2 Å². The van der Waals surface area contributed by atoms with Crippen LogP contribution in [0.15, 0.2) is 146 Å². The summed E-state index contributed by atoms with van der Waals surface area (Å²) in [5.74, 6) is 0. The molecule has 0 unspecified atom stereocenters. The minimum Gasteiger partial charge on any atom is -0.264 e. The van der Waals surface area contributed by atoms with Gasteiger partial charge in [-0.15, -0.1) is 11.3 Å². The number of aryl methyl sites for hydroxylation is 1. The SMILES string of the molecule is Cc1cncc(-c2cccc(-c3c4ccccc4c(-c4cccc(-c5cncc(C#N)c5)c4)c4cc5c(cc34)sc3ccccc35)c2)c1. The van der Waals surface area contributed by atoms with E-state index >= 15 is 0 Å². The van der Waals surface area contributed by atoms with Gasteiger partial charge in [0.15, 0.2) is 0 Å². The van der Waals surface area contributed by atoms with Gasteiger partial charge in [0.25, 0.3) is 0 Å². The smallest absolute Gasteiger partial charge is 0.101 e. The van der Waals surface area contributed by atoms with Gasteiger partial charge >= 0.3 is 0 Å². The maximum absolute atomic E-state index is 9.54. The molecule has 0 bridgehead atoms. The van der Waals surface area contributed by atoms with E-state index in [4.69, 9.17) is 0 Å². The molecular weight excluding hydrogens is 603 g/mol. The predicted octanol–water partition coefficient (Wildman–Crippen LogP) is 12.0. The van der Waals surface area contributed by atoms with Crippen LogP contribution in [0.2, 0.25) is 0 Å². The predicted molar refractivity (Wildman–Crippen MR) is 201 cm³/mol. The van der Waals surface area contributed by atoms with E-state index in [1.165, 1.54) is 58.4 Å². The topological polar surface area (TPSA) is 49.6 Å². The number of hydrogen-bond acceptors (Lipinski definition) is 4. The molecule has 0 aliphatic heterocycles. The molecule has 0 saturated heterocycles. The van der Waals surface area contributed by atoms with Gasteiger partial charge in [-0.05, 0) is 110 Å². The molecule has 6 aromatic carbocycles. The van der Waals surface area contributed by atoms with Gasteiger partial charge in [-0.2, -0.15) is 5.26 Å². The van der Waals surface area contributed by atoms with Crippen molar-refractivity contribution in [1.29, 1.82) is 5.26 Å². The Balaban J connectivity index is 1.39. The van der Waals surface area contributed by atoms with E-state index in [-0.39, 0.29) is 0 Å². The maximum Gasteiger partial charge on any atom is 0.101 e. The van der Waals surface area contributed by atoms with Crippen molar-refractivity contribution in [2.45, 2.75) is 6.92 Å². The molecule has 0 amide bonds. The molecule has 0 atom stereocenters. The molecule has 0 fully saturated rings. The zero-order chi connectivity index (χ0) is 32.2. The lowest BCUT2D eigenvalue weighted by Crippen LogP contribution is -1.92. The van der Waals surface area contributed by atoms with Crippen LogP contribution < -0.4 is 0 Å². The maximum atomic E-state index is 9.54. The molecule has 3 nitrogen and oxygen atoms in total. The summed E-state index contributed by atoms with van der Waals surface area (Å²) in [6.07, 6.45) is 7.28. The molecular formula is C44H27N3S. The minimum atomic E-state index is 0.550. The number of nitriles is 1. The molecule has 0 saturated carbocycles.